The molecule has 112 valence electrons. The Kier molecular flexibility index (Phi) is 5.04. The third-order valence-corrected chi connectivity index (χ3v) is 3.23. The maximum absolute atomic E-state index is 4.58. The SMILES string of the molecule is C(Cc1cccc(C=Nc2ccccc2)n1)=Nc1ccccc1. The maximum atomic E-state index is 4.58. The first-order chi connectivity index (χ1) is 11.4. The van der Waals surface area contributed by atoms with Crippen molar-refractivity contribution >= 4 is 23.8 Å². The molecular formula is C20H17N3. The zero-order chi connectivity index (χ0) is 15.7. The van der Waals surface area contributed by atoms with Crippen molar-refractivity contribution in [1.29, 1.82) is 0 Å². The van der Waals surface area contributed by atoms with Crippen LogP contribution in [0, 0.1) is 0 Å². The number of hydrogen-bond donors (Lipinski definition) is 0. The van der Waals surface area contributed by atoms with Crippen molar-refractivity contribution in [2.24, 2.45) is 9.98 Å². The minimum atomic E-state index is 0.696. The second-order valence-corrected chi connectivity index (χ2v) is 5.00. The standard InChI is InChI=1S/C20H17N3/c1-3-8-17(9-4-1)21-15-14-19-12-7-13-20(23-19)16-22-18-10-5-2-6-11-18/h1-13,15-16H,14H2. The molecule has 1 aromatic heterocycles. The van der Waals surface area contributed by atoms with Crippen LogP contribution in [0.2, 0.25) is 0 Å². The van der Waals surface area contributed by atoms with Gasteiger partial charge in [-0.2, -0.15) is 0 Å². The molecule has 0 saturated carbocycles. The highest BCUT2D eigenvalue weighted by atomic mass is 14.8. The molecule has 3 aromatic rings. The Labute approximate surface area is 136 Å². The zero-order valence-corrected chi connectivity index (χ0v) is 12.7. The van der Waals surface area contributed by atoms with Crippen molar-refractivity contribution in [3.8, 4) is 0 Å². The van der Waals surface area contributed by atoms with Crippen molar-refractivity contribution in [2.75, 3.05) is 0 Å². The molecule has 0 atom stereocenters. The number of aromatic nitrogens is 1. The van der Waals surface area contributed by atoms with Gasteiger partial charge in [-0.1, -0.05) is 42.5 Å². The van der Waals surface area contributed by atoms with E-state index in [4.69, 9.17) is 0 Å². The van der Waals surface area contributed by atoms with Gasteiger partial charge in [-0.15, -0.1) is 0 Å². The molecular weight excluding hydrogens is 282 g/mol. The molecule has 0 spiro atoms. The van der Waals surface area contributed by atoms with Crippen LogP contribution in [0.15, 0.2) is 88.8 Å². The maximum Gasteiger partial charge on any atom is 0.0815 e. The molecule has 0 aliphatic heterocycles. The van der Waals surface area contributed by atoms with E-state index in [1.54, 1.807) is 6.21 Å². The molecule has 0 amide bonds. The van der Waals surface area contributed by atoms with Crippen LogP contribution in [0.5, 0.6) is 0 Å². The third-order valence-electron chi connectivity index (χ3n) is 3.23. The molecule has 3 rings (SSSR count). The van der Waals surface area contributed by atoms with Crippen molar-refractivity contribution in [3.05, 3.63) is 90.3 Å². The van der Waals surface area contributed by atoms with Gasteiger partial charge in [0.25, 0.3) is 0 Å². The molecule has 3 nitrogen and oxygen atoms in total. The molecule has 23 heavy (non-hydrogen) atoms. The van der Waals surface area contributed by atoms with Gasteiger partial charge in [0.2, 0.25) is 0 Å². The monoisotopic (exact) mass is 299 g/mol. The lowest BCUT2D eigenvalue weighted by atomic mass is 10.2. The van der Waals surface area contributed by atoms with Gasteiger partial charge in [-0.25, -0.2) is 0 Å². The number of benzene rings is 2. The lowest BCUT2D eigenvalue weighted by Crippen LogP contribution is -1.95. The summed E-state index contributed by atoms with van der Waals surface area (Å²) in [7, 11) is 0. The fraction of sp³-hybridized carbons (Fsp3) is 0.0500. The van der Waals surface area contributed by atoms with Crippen LogP contribution >= 0.6 is 0 Å². The fourth-order valence-corrected chi connectivity index (χ4v) is 2.10. The predicted octanol–water partition coefficient (Wildman–Crippen LogP) is 4.78. The number of pyridine rings is 1. The lowest BCUT2D eigenvalue weighted by Gasteiger charge is -1.98. The normalized spacial score (nSPS) is 11.3. The highest BCUT2D eigenvalue weighted by Crippen LogP contribution is 2.10. The summed E-state index contributed by atoms with van der Waals surface area (Å²) in [5, 5.41) is 0. The number of para-hydroxylation sites is 2. The smallest absolute Gasteiger partial charge is 0.0815 e. The molecule has 0 N–H and O–H groups in total. The molecule has 0 aliphatic rings. The van der Waals surface area contributed by atoms with Crippen LogP contribution in [0.25, 0.3) is 0 Å². The Morgan fingerprint density at radius 3 is 2.04 bits per heavy atom. The summed E-state index contributed by atoms with van der Waals surface area (Å²) in [5.74, 6) is 0. The Morgan fingerprint density at radius 1 is 0.696 bits per heavy atom. The van der Waals surface area contributed by atoms with Gasteiger partial charge in [0.05, 0.1) is 23.3 Å². The highest BCUT2D eigenvalue weighted by molar-refractivity contribution is 5.79. The molecule has 0 unspecified atom stereocenters. The van der Waals surface area contributed by atoms with E-state index in [-0.39, 0.29) is 0 Å². The van der Waals surface area contributed by atoms with Crippen LogP contribution in [0.3, 0.4) is 0 Å². The van der Waals surface area contributed by atoms with Crippen molar-refractivity contribution in [3.63, 3.8) is 0 Å². The van der Waals surface area contributed by atoms with Crippen LogP contribution in [0.4, 0.5) is 11.4 Å². The summed E-state index contributed by atoms with van der Waals surface area (Å²) in [6, 6.07) is 25.7. The van der Waals surface area contributed by atoms with Gasteiger partial charge in [0, 0.05) is 18.3 Å². The molecule has 0 saturated heterocycles. The fourth-order valence-electron chi connectivity index (χ4n) is 2.10. The first-order valence-corrected chi connectivity index (χ1v) is 7.53. The molecule has 0 aliphatic carbocycles. The molecule has 3 heteroatoms. The van der Waals surface area contributed by atoms with Crippen LogP contribution in [-0.2, 0) is 6.42 Å². The van der Waals surface area contributed by atoms with Crippen LogP contribution in [-0.4, -0.2) is 17.4 Å². The van der Waals surface area contributed by atoms with Gasteiger partial charge in [-0.3, -0.25) is 15.0 Å². The molecule has 0 bridgehead atoms. The second kappa shape index (κ2) is 7.80. The second-order valence-electron chi connectivity index (χ2n) is 5.00. The van der Waals surface area contributed by atoms with E-state index in [1.807, 2.05) is 85.1 Å². The van der Waals surface area contributed by atoms with E-state index in [2.05, 4.69) is 15.0 Å². The summed E-state index contributed by atoms with van der Waals surface area (Å²) in [4.78, 5) is 13.4. The average Bonchev–Trinajstić information content (AvgIpc) is 2.62. The van der Waals surface area contributed by atoms with E-state index in [9.17, 15) is 0 Å². The summed E-state index contributed by atoms with van der Waals surface area (Å²) < 4.78 is 0. The Morgan fingerprint density at radius 2 is 1.35 bits per heavy atom. The van der Waals surface area contributed by atoms with E-state index < -0.39 is 0 Å². The van der Waals surface area contributed by atoms with E-state index >= 15 is 0 Å². The van der Waals surface area contributed by atoms with Crippen LogP contribution < -0.4 is 0 Å². The molecule has 1 heterocycles. The first kappa shape index (κ1) is 14.9. The van der Waals surface area contributed by atoms with Gasteiger partial charge < -0.3 is 0 Å². The van der Waals surface area contributed by atoms with E-state index in [1.165, 1.54) is 0 Å². The summed E-state index contributed by atoms with van der Waals surface area (Å²) in [6.45, 7) is 0. The zero-order valence-electron chi connectivity index (χ0n) is 12.7. The number of rotatable bonds is 5. The van der Waals surface area contributed by atoms with Crippen molar-refractivity contribution in [1.82, 2.24) is 4.98 Å². The minimum absolute atomic E-state index is 0.696. The number of aliphatic imine (C=N–C) groups is 2. The van der Waals surface area contributed by atoms with E-state index in [0.29, 0.717) is 6.42 Å². The van der Waals surface area contributed by atoms with E-state index in [0.717, 1.165) is 22.8 Å². The van der Waals surface area contributed by atoms with Crippen LogP contribution in [0.1, 0.15) is 11.4 Å². The predicted molar refractivity (Wildman–Crippen MR) is 96.2 cm³/mol. The third kappa shape index (κ3) is 4.71. The largest absolute Gasteiger partial charge is 0.261 e. The number of nitrogens with zero attached hydrogens (tertiary/aromatic N) is 3. The van der Waals surface area contributed by atoms with Crippen molar-refractivity contribution in [2.45, 2.75) is 6.42 Å². The Balaban J connectivity index is 1.66. The average molecular weight is 299 g/mol. The lowest BCUT2D eigenvalue weighted by molar-refractivity contribution is 1.14. The molecule has 2 aromatic carbocycles. The number of hydrogen-bond acceptors (Lipinski definition) is 3. The quantitative estimate of drug-likeness (QED) is 0.625. The molecule has 0 radical (unpaired) electrons. The van der Waals surface area contributed by atoms with Crippen molar-refractivity contribution < 1.29 is 0 Å². The highest BCUT2D eigenvalue weighted by Gasteiger charge is 1.95. The van der Waals surface area contributed by atoms with Gasteiger partial charge in [0.1, 0.15) is 0 Å². The Hall–Kier alpha value is -3.07. The summed E-state index contributed by atoms with van der Waals surface area (Å²) in [5.41, 5.74) is 3.70. The van der Waals surface area contributed by atoms with Gasteiger partial charge in [0.15, 0.2) is 0 Å². The summed E-state index contributed by atoms with van der Waals surface area (Å²) >= 11 is 0. The topological polar surface area (TPSA) is 37.6 Å². The Bertz CT molecular complexity index is 793. The van der Waals surface area contributed by atoms with Gasteiger partial charge in [-0.05, 0) is 36.4 Å². The molecule has 0 fully saturated rings. The summed E-state index contributed by atoms with van der Waals surface area (Å²) in [6.07, 6.45) is 4.37. The first-order valence-electron chi connectivity index (χ1n) is 7.53. The van der Waals surface area contributed by atoms with Gasteiger partial charge >= 0.3 is 0 Å². The minimum Gasteiger partial charge on any atom is -0.261 e.